The maximum Gasteiger partial charge on any atom is 0.231 e. The van der Waals surface area contributed by atoms with Crippen molar-refractivity contribution in [2.45, 2.75) is 51.4 Å². The number of carbonyl (C=O) groups excluding carboxylic acids is 1. The minimum atomic E-state index is 0.274. The Morgan fingerprint density at radius 2 is 1.66 bits per heavy atom. The van der Waals surface area contributed by atoms with Crippen LogP contribution in [0.3, 0.4) is 0 Å². The van der Waals surface area contributed by atoms with Crippen LogP contribution in [0.15, 0.2) is 18.2 Å². The minimum Gasteiger partial charge on any atom is -0.454 e. The molecule has 0 aromatic heterocycles. The highest BCUT2D eigenvalue weighted by atomic mass is 16.7. The number of hydrogen-bond acceptors (Lipinski definition) is 6. The van der Waals surface area contributed by atoms with Gasteiger partial charge in [-0.2, -0.15) is 0 Å². The van der Waals surface area contributed by atoms with Crippen LogP contribution in [-0.2, 0) is 9.53 Å². The summed E-state index contributed by atoms with van der Waals surface area (Å²) in [6, 6.07) is 6.19. The van der Waals surface area contributed by atoms with Crippen molar-refractivity contribution in [1.29, 1.82) is 0 Å². The SMILES string of the molecule is O=C(CC1CCC(CCN2CCN(c3cccc4c3OCO4)CC2)CC1)C1CCOCC1. The molecule has 0 bridgehead atoms. The maximum atomic E-state index is 12.6. The van der Waals surface area contributed by atoms with E-state index in [9.17, 15) is 4.79 Å². The predicted molar refractivity (Wildman–Crippen MR) is 124 cm³/mol. The molecule has 0 N–H and O–H groups in total. The van der Waals surface area contributed by atoms with Crippen LogP contribution in [0.5, 0.6) is 11.5 Å². The first-order valence-corrected chi connectivity index (χ1v) is 12.7. The van der Waals surface area contributed by atoms with Gasteiger partial charge in [-0.3, -0.25) is 9.69 Å². The van der Waals surface area contributed by atoms with Gasteiger partial charge in [-0.1, -0.05) is 18.9 Å². The predicted octanol–water partition coefficient (Wildman–Crippen LogP) is 4.12. The quantitative estimate of drug-likeness (QED) is 0.633. The highest BCUT2D eigenvalue weighted by molar-refractivity contribution is 5.81. The molecular formula is C26H38N2O4. The van der Waals surface area contributed by atoms with E-state index in [2.05, 4.69) is 21.9 Å². The third kappa shape index (κ3) is 5.23. The summed E-state index contributed by atoms with van der Waals surface area (Å²) in [6.45, 7) is 7.38. The van der Waals surface area contributed by atoms with Crippen molar-refractivity contribution >= 4 is 11.5 Å². The van der Waals surface area contributed by atoms with Crippen molar-refractivity contribution in [3.05, 3.63) is 18.2 Å². The number of hydrogen-bond donors (Lipinski definition) is 0. The molecule has 176 valence electrons. The van der Waals surface area contributed by atoms with Crippen LogP contribution < -0.4 is 14.4 Å². The lowest BCUT2D eigenvalue weighted by Gasteiger charge is -2.37. The molecule has 4 aliphatic rings. The van der Waals surface area contributed by atoms with Gasteiger partial charge in [0.25, 0.3) is 0 Å². The molecule has 5 rings (SSSR count). The Labute approximate surface area is 192 Å². The number of ketones is 1. The molecule has 1 aliphatic carbocycles. The fourth-order valence-corrected chi connectivity index (χ4v) is 5.94. The van der Waals surface area contributed by atoms with E-state index in [0.717, 1.165) is 76.1 Å². The summed E-state index contributed by atoms with van der Waals surface area (Å²) in [5.41, 5.74) is 1.17. The average Bonchev–Trinajstić information content (AvgIpc) is 3.34. The molecule has 0 unspecified atom stereocenters. The third-order valence-electron chi connectivity index (χ3n) is 8.08. The van der Waals surface area contributed by atoms with Gasteiger partial charge < -0.3 is 19.1 Å². The molecule has 6 heteroatoms. The average molecular weight is 443 g/mol. The van der Waals surface area contributed by atoms with Crippen molar-refractivity contribution in [2.75, 3.05) is 57.6 Å². The third-order valence-corrected chi connectivity index (χ3v) is 8.08. The number of rotatable bonds is 7. The van der Waals surface area contributed by atoms with E-state index < -0.39 is 0 Å². The first kappa shape index (κ1) is 22.0. The molecule has 32 heavy (non-hydrogen) atoms. The summed E-state index contributed by atoms with van der Waals surface area (Å²) < 4.78 is 16.6. The first-order valence-electron chi connectivity index (χ1n) is 12.7. The zero-order valence-electron chi connectivity index (χ0n) is 19.3. The van der Waals surface area contributed by atoms with Gasteiger partial charge in [-0.05, 0) is 62.6 Å². The van der Waals surface area contributed by atoms with E-state index in [4.69, 9.17) is 14.2 Å². The van der Waals surface area contributed by atoms with Crippen LogP contribution >= 0.6 is 0 Å². The van der Waals surface area contributed by atoms with Gasteiger partial charge in [0.05, 0.1) is 5.69 Å². The Balaban J connectivity index is 1.00. The lowest BCUT2D eigenvalue weighted by atomic mass is 9.77. The lowest BCUT2D eigenvalue weighted by molar-refractivity contribution is -0.126. The van der Waals surface area contributed by atoms with E-state index in [0.29, 0.717) is 18.5 Å². The van der Waals surface area contributed by atoms with Crippen molar-refractivity contribution in [3.8, 4) is 11.5 Å². The van der Waals surface area contributed by atoms with E-state index in [-0.39, 0.29) is 5.92 Å². The van der Waals surface area contributed by atoms with Gasteiger partial charge in [-0.15, -0.1) is 0 Å². The first-order chi connectivity index (χ1) is 15.8. The summed E-state index contributed by atoms with van der Waals surface area (Å²) in [5.74, 6) is 4.03. The number of anilines is 1. The molecule has 0 atom stereocenters. The minimum absolute atomic E-state index is 0.274. The van der Waals surface area contributed by atoms with Gasteiger partial charge in [0.1, 0.15) is 5.78 Å². The number of para-hydroxylation sites is 1. The molecule has 0 spiro atoms. The van der Waals surface area contributed by atoms with Crippen LogP contribution in [0.1, 0.15) is 51.4 Å². The standard InChI is InChI=1S/C26H38N2O4/c29-24(22-9-16-30-17-10-22)18-21-6-4-20(5-7-21)8-11-27-12-14-28(15-13-27)23-2-1-3-25-26(23)32-19-31-25/h1-3,20-22H,4-19H2. The van der Waals surface area contributed by atoms with Gasteiger partial charge >= 0.3 is 0 Å². The number of ether oxygens (including phenoxy) is 3. The van der Waals surface area contributed by atoms with Crippen molar-refractivity contribution in [2.24, 2.45) is 17.8 Å². The van der Waals surface area contributed by atoms with Crippen LogP contribution in [0, 0.1) is 17.8 Å². The molecule has 3 fully saturated rings. The molecule has 2 saturated heterocycles. The van der Waals surface area contributed by atoms with E-state index in [1.807, 2.05) is 6.07 Å². The van der Waals surface area contributed by atoms with Gasteiger partial charge in [0.2, 0.25) is 6.79 Å². The molecule has 3 heterocycles. The molecule has 3 aliphatic heterocycles. The topological polar surface area (TPSA) is 51.2 Å². The number of nitrogens with zero attached hydrogens (tertiary/aromatic N) is 2. The zero-order chi connectivity index (χ0) is 21.8. The number of fused-ring (bicyclic) bond motifs is 1. The van der Waals surface area contributed by atoms with Gasteiger partial charge in [-0.25, -0.2) is 0 Å². The van der Waals surface area contributed by atoms with Crippen molar-refractivity contribution in [3.63, 3.8) is 0 Å². The Bertz CT molecular complexity index is 763. The fraction of sp³-hybridized carbons (Fsp3) is 0.731. The largest absolute Gasteiger partial charge is 0.454 e. The maximum absolute atomic E-state index is 12.6. The second-order valence-corrected chi connectivity index (χ2v) is 10.1. The number of Topliss-reactive ketones (excluding diaryl/α,β-unsaturated/α-hetero) is 1. The van der Waals surface area contributed by atoms with E-state index >= 15 is 0 Å². The fourth-order valence-electron chi connectivity index (χ4n) is 5.94. The highest BCUT2D eigenvalue weighted by Gasteiger charge is 2.28. The van der Waals surface area contributed by atoms with Crippen LogP contribution in [-0.4, -0.2) is 63.4 Å². The Hall–Kier alpha value is -1.79. The van der Waals surface area contributed by atoms with E-state index in [1.165, 1.54) is 44.3 Å². The van der Waals surface area contributed by atoms with Crippen LogP contribution in [0.4, 0.5) is 5.69 Å². The number of carbonyl (C=O) groups is 1. The lowest BCUT2D eigenvalue weighted by Crippen LogP contribution is -2.47. The van der Waals surface area contributed by atoms with Crippen molar-refractivity contribution in [1.82, 2.24) is 4.90 Å². The Morgan fingerprint density at radius 1 is 0.906 bits per heavy atom. The molecule has 6 nitrogen and oxygen atoms in total. The molecule has 0 radical (unpaired) electrons. The molecular weight excluding hydrogens is 404 g/mol. The molecule has 1 aromatic rings. The van der Waals surface area contributed by atoms with Crippen LogP contribution in [0.25, 0.3) is 0 Å². The van der Waals surface area contributed by atoms with Gasteiger partial charge in [0.15, 0.2) is 11.5 Å². The number of piperazine rings is 1. The summed E-state index contributed by atoms with van der Waals surface area (Å²) in [4.78, 5) is 17.6. The Kier molecular flexibility index (Phi) is 7.18. The summed E-state index contributed by atoms with van der Waals surface area (Å²) in [5, 5.41) is 0. The zero-order valence-corrected chi connectivity index (χ0v) is 19.3. The molecule has 1 aromatic carbocycles. The second kappa shape index (κ2) is 10.4. The summed E-state index contributed by atoms with van der Waals surface area (Å²) in [6.07, 6.45) is 9.10. The second-order valence-electron chi connectivity index (χ2n) is 10.1. The summed E-state index contributed by atoms with van der Waals surface area (Å²) in [7, 11) is 0. The van der Waals surface area contributed by atoms with Crippen LogP contribution in [0.2, 0.25) is 0 Å². The number of benzene rings is 1. The molecule has 0 amide bonds. The van der Waals surface area contributed by atoms with Crippen molar-refractivity contribution < 1.29 is 19.0 Å². The smallest absolute Gasteiger partial charge is 0.231 e. The van der Waals surface area contributed by atoms with E-state index in [1.54, 1.807) is 0 Å². The normalized spacial score (nSPS) is 26.9. The summed E-state index contributed by atoms with van der Waals surface area (Å²) >= 11 is 0. The highest BCUT2D eigenvalue weighted by Crippen LogP contribution is 2.41. The Morgan fingerprint density at radius 3 is 2.44 bits per heavy atom. The van der Waals surface area contributed by atoms with Gasteiger partial charge in [0, 0.05) is 51.7 Å². The monoisotopic (exact) mass is 442 g/mol. The molecule has 1 saturated carbocycles.